The van der Waals surface area contributed by atoms with Crippen molar-refractivity contribution >= 4 is 17.2 Å². The van der Waals surface area contributed by atoms with Crippen molar-refractivity contribution in [1.82, 2.24) is 10.2 Å². The van der Waals surface area contributed by atoms with Crippen molar-refractivity contribution in [3.05, 3.63) is 22.4 Å². The summed E-state index contributed by atoms with van der Waals surface area (Å²) in [6, 6.07) is 4.63. The SMILES string of the molecule is CCCC1(C(=O)N2CCCC2c2cccs2)CCNCC1. The van der Waals surface area contributed by atoms with Gasteiger partial charge in [0.25, 0.3) is 0 Å². The third-order valence-electron chi connectivity index (χ3n) is 5.13. The van der Waals surface area contributed by atoms with E-state index >= 15 is 0 Å². The lowest BCUT2D eigenvalue weighted by molar-refractivity contribution is -0.145. The van der Waals surface area contributed by atoms with Crippen LogP contribution in [0.3, 0.4) is 0 Å². The Morgan fingerprint density at radius 1 is 1.48 bits per heavy atom. The highest BCUT2D eigenvalue weighted by atomic mass is 32.1. The Labute approximate surface area is 131 Å². The van der Waals surface area contributed by atoms with E-state index in [9.17, 15) is 4.79 Å². The van der Waals surface area contributed by atoms with Gasteiger partial charge in [-0.3, -0.25) is 4.79 Å². The fourth-order valence-electron chi connectivity index (χ4n) is 4.05. The van der Waals surface area contributed by atoms with Gasteiger partial charge in [0.2, 0.25) is 5.91 Å². The van der Waals surface area contributed by atoms with Crippen molar-refractivity contribution in [3.8, 4) is 0 Å². The number of carbonyl (C=O) groups is 1. The number of hydrogen-bond acceptors (Lipinski definition) is 3. The molecule has 0 aromatic carbocycles. The maximum absolute atomic E-state index is 13.3. The van der Waals surface area contributed by atoms with Gasteiger partial charge >= 0.3 is 0 Å². The van der Waals surface area contributed by atoms with Crippen LogP contribution in [0.2, 0.25) is 0 Å². The van der Waals surface area contributed by atoms with Crippen LogP contribution in [0.5, 0.6) is 0 Å². The van der Waals surface area contributed by atoms with Crippen molar-refractivity contribution in [1.29, 1.82) is 0 Å². The minimum Gasteiger partial charge on any atom is -0.334 e. The van der Waals surface area contributed by atoms with E-state index in [-0.39, 0.29) is 5.41 Å². The topological polar surface area (TPSA) is 32.3 Å². The molecule has 3 rings (SSSR count). The van der Waals surface area contributed by atoms with Crippen LogP contribution in [0.1, 0.15) is 56.4 Å². The summed E-state index contributed by atoms with van der Waals surface area (Å²) < 4.78 is 0. The summed E-state index contributed by atoms with van der Waals surface area (Å²) in [5.41, 5.74) is -0.0974. The molecule has 1 aromatic heterocycles. The molecule has 3 nitrogen and oxygen atoms in total. The Morgan fingerprint density at radius 2 is 2.29 bits per heavy atom. The zero-order valence-corrected chi connectivity index (χ0v) is 13.8. The quantitative estimate of drug-likeness (QED) is 0.922. The highest BCUT2D eigenvalue weighted by Gasteiger charge is 2.44. The summed E-state index contributed by atoms with van der Waals surface area (Å²) in [4.78, 5) is 16.9. The summed E-state index contributed by atoms with van der Waals surface area (Å²) in [6.45, 7) is 5.13. The molecule has 1 N–H and O–H groups in total. The van der Waals surface area contributed by atoms with Gasteiger partial charge in [0, 0.05) is 11.4 Å². The Hall–Kier alpha value is -0.870. The lowest BCUT2D eigenvalue weighted by atomic mass is 9.74. The van der Waals surface area contributed by atoms with Crippen molar-refractivity contribution in [3.63, 3.8) is 0 Å². The zero-order chi connectivity index (χ0) is 14.7. The molecule has 2 aliphatic heterocycles. The van der Waals surface area contributed by atoms with Gasteiger partial charge < -0.3 is 10.2 Å². The molecule has 2 saturated heterocycles. The van der Waals surface area contributed by atoms with Crippen LogP contribution in [0.4, 0.5) is 0 Å². The van der Waals surface area contributed by atoms with Crippen molar-refractivity contribution in [2.24, 2.45) is 5.41 Å². The smallest absolute Gasteiger partial charge is 0.229 e. The monoisotopic (exact) mass is 306 g/mol. The third kappa shape index (κ3) is 2.88. The van der Waals surface area contributed by atoms with Gasteiger partial charge in [-0.25, -0.2) is 0 Å². The van der Waals surface area contributed by atoms with E-state index in [4.69, 9.17) is 0 Å². The molecule has 0 aliphatic carbocycles. The van der Waals surface area contributed by atoms with Crippen LogP contribution in [0.25, 0.3) is 0 Å². The van der Waals surface area contributed by atoms with E-state index in [0.29, 0.717) is 11.9 Å². The number of nitrogens with one attached hydrogen (secondary N) is 1. The number of nitrogens with zero attached hydrogens (tertiary/aromatic N) is 1. The highest BCUT2D eigenvalue weighted by Crippen LogP contribution is 2.42. The van der Waals surface area contributed by atoms with Gasteiger partial charge in [-0.2, -0.15) is 0 Å². The van der Waals surface area contributed by atoms with E-state index in [1.54, 1.807) is 11.3 Å². The Bertz CT molecular complexity index is 460. The van der Waals surface area contributed by atoms with Crippen LogP contribution in [-0.2, 0) is 4.79 Å². The number of rotatable bonds is 4. The van der Waals surface area contributed by atoms with Crippen LogP contribution in [0, 0.1) is 5.41 Å². The van der Waals surface area contributed by atoms with E-state index in [1.807, 2.05) is 0 Å². The second-order valence-corrected chi connectivity index (χ2v) is 7.43. The summed E-state index contributed by atoms with van der Waals surface area (Å²) in [5, 5.41) is 5.54. The summed E-state index contributed by atoms with van der Waals surface area (Å²) in [7, 11) is 0. The van der Waals surface area contributed by atoms with Gasteiger partial charge in [0.15, 0.2) is 0 Å². The Kier molecular flexibility index (Phi) is 4.65. The molecule has 21 heavy (non-hydrogen) atoms. The zero-order valence-electron chi connectivity index (χ0n) is 12.9. The molecule has 116 valence electrons. The summed E-state index contributed by atoms with van der Waals surface area (Å²) >= 11 is 1.79. The van der Waals surface area contributed by atoms with Crippen LogP contribution < -0.4 is 5.32 Å². The van der Waals surface area contributed by atoms with Crippen LogP contribution in [-0.4, -0.2) is 30.4 Å². The molecule has 0 bridgehead atoms. The van der Waals surface area contributed by atoms with Crippen LogP contribution in [0.15, 0.2) is 17.5 Å². The van der Waals surface area contributed by atoms with Crippen LogP contribution >= 0.6 is 11.3 Å². The van der Waals surface area contributed by atoms with E-state index in [0.717, 1.165) is 58.2 Å². The lowest BCUT2D eigenvalue weighted by Gasteiger charge is -2.40. The number of carbonyl (C=O) groups excluding carboxylic acids is 1. The molecule has 2 fully saturated rings. The van der Waals surface area contributed by atoms with Gasteiger partial charge in [0.1, 0.15) is 0 Å². The predicted molar refractivity (Wildman–Crippen MR) is 87.5 cm³/mol. The molecule has 0 saturated carbocycles. The minimum absolute atomic E-state index is 0.0974. The number of likely N-dealkylation sites (tertiary alicyclic amines) is 1. The molecular weight excluding hydrogens is 280 g/mol. The minimum atomic E-state index is -0.0974. The fraction of sp³-hybridized carbons (Fsp3) is 0.706. The number of hydrogen-bond donors (Lipinski definition) is 1. The third-order valence-corrected chi connectivity index (χ3v) is 6.10. The molecule has 0 radical (unpaired) electrons. The van der Waals surface area contributed by atoms with Gasteiger partial charge in [-0.15, -0.1) is 11.3 Å². The van der Waals surface area contributed by atoms with Gasteiger partial charge in [-0.1, -0.05) is 19.4 Å². The molecule has 1 aromatic rings. The normalized spacial score (nSPS) is 25.2. The summed E-state index contributed by atoms with van der Waals surface area (Å²) in [5.74, 6) is 0.432. The first-order valence-corrected chi connectivity index (χ1v) is 9.20. The lowest BCUT2D eigenvalue weighted by Crippen LogP contribution is -2.49. The first-order chi connectivity index (χ1) is 10.3. The fourth-order valence-corrected chi connectivity index (χ4v) is 4.92. The largest absolute Gasteiger partial charge is 0.334 e. The maximum atomic E-state index is 13.3. The molecule has 1 amide bonds. The Balaban J connectivity index is 1.81. The number of piperidine rings is 1. The Morgan fingerprint density at radius 3 is 2.95 bits per heavy atom. The van der Waals surface area contributed by atoms with Crippen molar-refractivity contribution in [2.45, 2.75) is 51.5 Å². The van der Waals surface area contributed by atoms with E-state index < -0.39 is 0 Å². The highest BCUT2D eigenvalue weighted by molar-refractivity contribution is 7.10. The molecule has 0 spiro atoms. The number of thiophene rings is 1. The van der Waals surface area contributed by atoms with Crippen molar-refractivity contribution < 1.29 is 4.79 Å². The molecular formula is C17H26N2OS. The second-order valence-electron chi connectivity index (χ2n) is 6.45. The maximum Gasteiger partial charge on any atom is 0.229 e. The van der Waals surface area contributed by atoms with Gasteiger partial charge in [0.05, 0.1) is 11.5 Å². The molecule has 4 heteroatoms. The van der Waals surface area contributed by atoms with Crippen molar-refractivity contribution in [2.75, 3.05) is 19.6 Å². The first kappa shape index (κ1) is 15.0. The van der Waals surface area contributed by atoms with E-state index in [1.165, 1.54) is 4.88 Å². The van der Waals surface area contributed by atoms with E-state index in [2.05, 4.69) is 34.7 Å². The average molecular weight is 306 g/mol. The molecule has 1 atom stereocenters. The average Bonchev–Trinajstić information content (AvgIpc) is 3.18. The van der Waals surface area contributed by atoms with Gasteiger partial charge in [-0.05, 0) is 56.6 Å². The summed E-state index contributed by atoms with van der Waals surface area (Å²) in [6.07, 6.45) is 6.44. The first-order valence-electron chi connectivity index (χ1n) is 8.32. The predicted octanol–water partition coefficient (Wildman–Crippen LogP) is 3.58. The molecule has 1 unspecified atom stereocenters. The second kappa shape index (κ2) is 6.49. The molecule has 2 aliphatic rings. The number of amides is 1. The standard InChI is InChI=1S/C17H26N2OS/c1-2-7-17(8-10-18-11-9-17)16(20)19-12-3-5-14(19)15-6-4-13-21-15/h4,6,13-14,18H,2-3,5,7-12H2,1H3. The molecule has 3 heterocycles.